The molecular weight excluding hydrogens is 208 g/mol. The Morgan fingerprint density at radius 1 is 0.882 bits per heavy atom. The summed E-state index contributed by atoms with van der Waals surface area (Å²) in [5, 5.41) is 0. The second kappa shape index (κ2) is 5.12. The van der Waals surface area contributed by atoms with E-state index in [-0.39, 0.29) is 10.8 Å². The maximum Gasteiger partial charge on any atom is 0.119 e. The third-order valence-electron chi connectivity index (χ3n) is 3.25. The van der Waals surface area contributed by atoms with Gasteiger partial charge < -0.3 is 4.74 Å². The van der Waals surface area contributed by atoms with Crippen LogP contribution in [0.1, 0.15) is 41.5 Å². The van der Waals surface area contributed by atoms with Gasteiger partial charge in [-0.2, -0.15) is 0 Å². The minimum atomic E-state index is 0.257. The third kappa shape index (κ3) is 4.41. The van der Waals surface area contributed by atoms with E-state index in [1.165, 1.54) is 0 Å². The van der Waals surface area contributed by atoms with Crippen LogP contribution in [0.4, 0.5) is 0 Å². The monoisotopic (exact) mass is 234 g/mol. The van der Waals surface area contributed by atoms with Crippen molar-refractivity contribution in [3.05, 3.63) is 30.3 Å². The molecule has 0 radical (unpaired) electrons. The van der Waals surface area contributed by atoms with E-state index < -0.39 is 0 Å². The van der Waals surface area contributed by atoms with Crippen LogP contribution < -0.4 is 4.74 Å². The molecule has 0 bridgehead atoms. The van der Waals surface area contributed by atoms with Gasteiger partial charge in [0.2, 0.25) is 0 Å². The quantitative estimate of drug-likeness (QED) is 0.731. The summed E-state index contributed by atoms with van der Waals surface area (Å²) in [5.74, 6) is 1.49. The molecular formula is C16H26O. The molecule has 0 spiro atoms. The van der Waals surface area contributed by atoms with Crippen molar-refractivity contribution < 1.29 is 4.74 Å². The molecule has 0 atom stereocenters. The summed E-state index contributed by atoms with van der Waals surface area (Å²) in [6.07, 6.45) is 0. The van der Waals surface area contributed by atoms with Crippen molar-refractivity contribution in [3.63, 3.8) is 0 Å². The predicted octanol–water partition coefficient (Wildman–Crippen LogP) is 4.77. The maximum absolute atomic E-state index is 5.92. The van der Waals surface area contributed by atoms with Crippen LogP contribution in [-0.2, 0) is 0 Å². The highest BCUT2D eigenvalue weighted by molar-refractivity contribution is 5.20. The highest BCUT2D eigenvalue weighted by Gasteiger charge is 2.35. The number of rotatable bonds is 3. The first-order valence-electron chi connectivity index (χ1n) is 6.39. The molecule has 0 aliphatic rings. The fourth-order valence-corrected chi connectivity index (χ4v) is 2.50. The molecule has 1 heteroatoms. The zero-order chi connectivity index (χ0) is 13.1. The van der Waals surface area contributed by atoms with Crippen LogP contribution in [0.25, 0.3) is 0 Å². The SMILES string of the molecule is CC(C)(C)C(COc1ccccc1)C(C)(C)C. The van der Waals surface area contributed by atoms with E-state index in [9.17, 15) is 0 Å². The smallest absolute Gasteiger partial charge is 0.119 e. The minimum absolute atomic E-state index is 0.257. The number of ether oxygens (including phenoxy) is 1. The van der Waals surface area contributed by atoms with E-state index in [4.69, 9.17) is 4.74 Å². The van der Waals surface area contributed by atoms with Gasteiger partial charge in [-0.3, -0.25) is 0 Å². The summed E-state index contributed by atoms with van der Waals surface area (Å²) in [4.78, 5) is 0. The van der Waals surface area contributed by atoms with Crippen LogP contribution in [-0.4, -0.2) is 6.61 Å². The second-order valence-electron chi connectivity index (χ2n) is 6.91. The fraction of sp³-hybridized carbons (Fsp3) is 0.625. The molecule has 0 saturated heterocycles. The van der Waals surface area contributed by atoms with Crippen molar-refractivity contribution in [2.24, 2.45) is 16.7 Å². The molecule has 0 aliphatic carbocycles. The molecule has 17 heavy (non-hydrogen) atoms. The summed E-state index contributed by atoms with van der Waals surface area (Å²) in [6, 6.07) is 10.1. The Morgan fingerprint density at radius 3 is 1.76 bits per heavy atom. The van der Waals surface area contributed by atoms with Gasteiger partial charge in [0, 0.05) is 5.92 Å². The largest absolute Gasteiger partial charge is 0.493 e. The van der Waals surface area contributed by atoms with Crippen molar-refractivity contribution >= 4 is 0 Å². The lowest BCUT2D eigenvalue weighted by Gasteiger charge is -2.40. The molecule has 0 amide bonds. The minimum Gasteiger partial charge on any atom is -0.493 e. The van der Waals surface area contributed by atoms with E-state index in [0.717, 1.165) is 12.4 Å². The summed E-state index contributed by atoms with van der Waals surface area (Å²) in [6.45, 7) is 14.5. The van der Waals surface area contributed by atoms with Gasteiger partial charge in [0.1, 0.15) is 5.75 Å². The topological polar surface area (TPSA) is 9.23 Å². The van der Waals surface area contributed by atoms with Gasteiger partial charge in [-0.1, -0.05) is 59.7 Å². The lowest BCUT2D eigenvalue weighted by molar-refractivity contribution is 0.0505. The molecule has 0 N–H and O–H groups in total. The van der Waals surface area contributed by atoms with Crippen LogP contribution in [0.3, 0.4) is 0 Å². The van der Waals surface area contributed by atoms with Crippen LogP contribution in [0, 0.1) is 16.7 Å². The number of hydrogen-bond acceptors (Lipinski definition) is 1. The zero-order valence-corrected chi connectivity index (χ0v) is 12.1. The molecule has 0 heterocycles. The summed E-state index contributed by atoms with van der Waals surface area (Å²) in [7, 11) is 0. The summed E-state index contributed by atoms with van der Waals surface area (Å²) < 4.78 is 5.92. The summed E-state index contributed by atoms with van der Waals surface area (Å²) in [5.41, 5.74) is 0.514. The van der Waals surface area contributed by atoms with E-state index in [1.807, 2.05) is 30.3 Å². The number of hydrogen-bond donors (Lipinski definition) is 0. The van der Waals surface area contributed by atoms with Crippen LogP contribution >= 0.6 is 0 Å². The number of benzene rings is 1. The van der Waals surface area contributed by atoms with E-state index in [0.29, 0.717) is 5.92 Å². The fourth-order valence-electron chi connectivity index (χ4n) is 2.50. The van der Waals surface area contributed by atoms with Gasteiger partial charge in [-0.15, -0.1) is 0 Å². The molecule has 0 saturated carbocycles. The Kier molecular flexibility index (Phi) is 4.24. The molecule has 1 aromatic rings. The lowest BCUT2D eigenvalue weighted by atomic mass is 9.67. The van der Waals surface area contributed by atoms with Gasteiger partial charge in [0.15, 0.2) is 0 Å². The van der Waals surface area contributed by atoms with Crippen molar-refractivity contribution in [2.75, 3.05) is 6.61 Å². The molecule has 1 aromatic carbocycles. The lowest BCUT2D eigenvalue weighted by Crippen LogP contribution is -2.37. The summed E-state index contributed by atoms with van der Waals surface area (Å²) >= 11 is 0. The molecule has 0 aromatic heterocycles. The van der Waals surface area contributed by atoms with Crippen LogP contribution in [0.5, 0.6) is 5.75 Å². The van der Waals surface area contributed by atoms with Crippen LogP contribution in [0.15, 0.2) is 30.3 Å². The average Bonchev–Trinajstić information content (AvgIpc) is 2.15. The molecule has 0 fully saturated rings. The third-order valence-corrected chi connectivity index (χ3v) is 3.25. The second-order valence-corrected chi connectivity index (χ2v) is 6.91. The molecule has 1 nitrogen and oxygen atoms in total. The first kappa shape index (κ1) is 14.1. The van der Waals surface area contributed by atoms with Gasteiger partial charge in [0.05, 0.1) is 6.61 Å². The van der Waals surface area contributed by atoms with Gasteiger partial charge in [-0.05, 0) is 23.0 Å². The predicted molar refractivity (Wildman–Crippen MR) is 74.3 cm³/mol. The molecule has 96 valence electrons. The maximum atomic E-state index is 5.92. The van der Waals surface area contributed by atoms with Gasteiger partial charge in [0.25, 0.3) is 0 Å². The Morgan fingerprint density at radius 2 is 1.35 bits per heavy atom. The highest BCUT2D eigenvalue weighted by Crippen LogP contribution is 2.40. The van der Waals surface area contributed by atoms with Crippen molar-refractivity contribution in [3.8, 4) is 5.75 Å². The highest BCUT2D eigenvalue weighted by atomic mass is 16.5. The van der Waals surface area contributed by atoms with Gasteiger partial charge in [-0.25, -0.2) is 0 Å². The van der Waals surface area contributed by atoms with E-state index >= 15 is 0 Å². The zero-order valence-electron chi connectivity index (χ0n) is 12.1. The van der Waals surface area contributed by atoms with Crippen LogP contribution in [0.2, 0.25) is 0 Å². The standard InChI is InChI=1S/C16H26O/c1-15(2,3)14(16(4,5)6)12-17-13-10-8-7-9-11-13/h7-11,14H,12H2,1-6H3. The normalized spacial score (nSPS) is 12.9. The Balaban J connectivity index is 2.70. The van der Waals surface area contributed by atoms with Crippen molar-refractivity contribution in [1.29, 1.82) is 0 Å². The molecule has 1 rings (SSSR count). The van der Waals surface area contributed by atoms with Crippen molar-refractivity contribution in [1.82, 2.24) is 0 Å². The van der Waals surface area contributed by atoms with Crippen molar-refractivity contribution in [2.45, 2.75) is 41.5 Å². The molecule has 0 unspecified atom stereocenters. The average molecular weight is 234 g/mol. The Bertz CT molecular complexity index is 313. The van der Waals surface area contributed by atoms with Gasteiger partial charge >= 0.3 is 0 Å². The van der Waals surface area contributed by atoms with E-state index in [1.54, 1.807) is 0 Å². The van der Waals surface area contributed by atoms with E-state index in [2.05, 4.69) is 41.5 Å². The molecule has 0 aliphatic heterocycles. The first-order chi connectivity index (χ1) is 7.71. The Hall–Kier alpha value is -0.980. The first-order valence-corrected chi connectivity index (χ1v) is 6.39. The Labute approximate surface area is 106 Å². The number of para-hydroxylation sites is 1.